The topological polar surface area (TPSA) is 111 Å². The van der Waals surface area contributed by atoms with Crippen LogP contribution in [-0.2, 0) is 11.0 Å². The zero-order chi connectivity index (χ0) is 26.9. The molecule has 10 heteroatoms. The number of pyridine rings is 1. The maximum atomic E-state index is 13.3. The molecule has 4 rings (SSSR count). The fraction of sp³-hybridized carbons (Fsp3) is 0.259. The Balaban J connectivity index is 1.54. The molecule has 1 aliphatic rings. The summed E-state index contributed by atoms with van der Waals surface area (Å²) in [7, 11) is 0. The van der Waals surface area contributed by atoms with Gasteiger partial charge in [-0.2, -0.15) is 13.2 Å². The number of ketones is 1. The van der Waals surface area contributed by atoms with Crippen molar-refractivity contribution < 1.29 is 32.7 Å². The van der Waals surface area contributed by atoms with Gasteiger partial charge in [-0.1, -0.05) is 18.2 Å². The first kappa shape index (κ1) is 25.9. The van der Waals surface area contributed by atoms with Crippen LogP contribution in [0.4, 0.5) is 29.3 Å². The van der Waals surface area contributed by atoms with Crippen LogP contribution in [0, 0.1) is 13.8 Å². The number of nitrogens with zero attached hydrogens (tertiary/aromatic N) is 1. The van der Waals surface area contributed by atoms with Crippen molar-refractivity contribution in [1.82, 2.24) is 4.98 Å². The number of alkyl halides is 3. The van der Waals surface area contributed by atoms with Gasteiger partial charge in [-0.25, -0.2) is 0 Å². The molecule has 192 valence electrons. The summed E-state index contributed by atoms with van der Waals surface area (Å²) in [6.07, 6.45) is -4.97. The third-order valence-electron chi connectivity index (χ3n) is 5.99. The van der Waals surface area contributed by atoms with Crippen LogP contribution >= 0.6 is 0 Å². The van der Waals surface area contributed by atoms with Gasteiger partial charge in [-0.05, 0) is 73.7 Å². The lowest BCUT2D eigenvalue weighted by molar-refractivity contribution is -0.242. The van der Waals surface area contributed by atoms with Gasteiger partial charge in [0.1, 0.15) is 6.09 Å². The van der Waals surface area contributed by atoms with Gasteiger partial charge in [0.15, 0.2) is 5.78 Å². The van der Waals surface area contributed by atoms with Crippen LogP contribution in [0.5, 0.6) is 0 Å². The maximum Gasteiger partial charge on any atom is 0.416 e. The van der Waals surface area contributed by atoms with Crippen molar-refractivity contribution in [1.29, 1.82) is 0 Å². The zero-order valence-corrected chi connectivity index (χ0v) is 20.0. The number of halogens is 3. The van der Waals surface area contributed by atoms with Gasteiger partial charge in [0.25, 0.3) is 0 Å². The molecular weight excluding hydrogens is 487 g/mol. The van der Waals surface area contributed by atoms with Crippen LogP contribution in [0.3, 0.4) is 0 Å². The van der Waals surface area contributed by atoms with Gasteiger partial charge >= 0.3 is 6.18 Å². The SMILES string of the molecule is Cc1cc(-c2cccc(C(=O)CC(=O)Nc3cc(C(F)(F)F)c(C)cc3NC(=O)[O-])c2)cc(C2CC2)n1. The Morgan fingerprint density at radius 2 is 1.68 bits per heavy atom. The van der Waals surface area contributed by atoms with Crippen LogP contribution in [0.2, 0.25) is 0 Å². The van der Waals surface area contributed by atoms with Crippen LogP contribution in [0.25, 0.3) is 11.1 Å². The number of carbonyl (C=O) groups is 3. The normalized spacial score (nSPS) is 13.2. The number of nitrogens with one attached hydrogen (secondary N) is 2. The third-order valence-corrected chi connectivity index (χ3v) is 5.99. The Morgan fingerprint density at radius 3 is 2.32 bits per heavy atom. The molecule has 1 saturated carbocycles. The molecular formula is C27H23F3N3O4-. The summed E-state index contributed by atoms with van der Waals surface area (Å²) in [6.45, 7) is 3.05. The van der Waals surface area contributed by atoms with E-state index < -0.39 is 41.6 Å². The Hall–Kier alpha value is -4.21. The minimum absolute atomic E-state index is 0.252. The molecule has 1 aliphatic carbocycles. The molecule has 1 aromatic heterocycles. The number of hydrogen-bond donors (Lipinski definition) is 2. The molecule has 7 nitrogen and oxygen atoms in total. The highest BCUT2D eigenvalue weighted by molar-refractivity contribution is 6.12. The van der Waals surface area contributed by atoms with Crippen LogP contribution in [-0.4, -0.2) is 22.8 Å². The number of Topliss-reactive ketones (excluding diaryl/α,β-unsaturated/α-hetero) is 1. The molecule has 0 radical (unpaired) electrons. The summed E-state index contributed by atoms with van der Waals surface area (Å²) < 4.78 is 40.0. The lowest BCUT2D eigenvalue weighted by Gasteiger charge is -2.18. The second-order valence-electron chi connectivity index (χ2n) is 9.05. The zero-order valence-electron chi connectivity index (χ0n) is 20.0. The Bertz CT molecular complexity index is 1400. The van der Waals surface area contributed by atoms with Crippen LogP contribution in [0.15, 0.2) is 48.5 Å². The van der Waals surface area contributed by atoms with Crippen molar-refractivity contribution in [2.45, 2.75) is 45.2 Å². The van der Waals surface area contributed by atoms with E-state index in [2.05, 4.69) is 10.3 Å². The Kier molecular flexibility index (Phi) is 7.02. The predicted octanol–water partition coefficient (Wildman–Crippen LogP) is 5.23. The van der Waals surface area contributed by atoms with Gasteiger partial charge in [-0.15, -0.1) is 0 Å². The molecule has 0 unspecified atom stereocenters. The smallest absolute Gasteiger partial charge is 0.416 e. The molecule has 0 aliphatic heterocycles. The fourth-order valence-electron chi connectivity index (χ4n) is 4.09. The molecule has 0 saturated heterocycles. The van der Waals surface area contributed by atoms with E-state index in [-0.39, 0.29) is 16.8 Å². The third kappa shape index (κ3) is 6.32. The summed E-state index contributed by atoms with van der Waals surface area (Å²) in [5.41, 5.74) is 1.74. The lowest BCUT2D eigenvalue weighted by Crippen LogP contribution is -2.29. The van der Waals surface area contributed by atoms with Crippen LogP contribution < -0.4 is 15.7 Å². The standard InChI is InChI=1S/C27H24F3N3O4/c1-14-8-22(33-26(36)37)23(12-20(14)27(28,29)30)32-25(35)13-24(34)18-5-3-4-17(10-18)19-9-15(2)31-21(11-19)16-6-7-16/h3-5,8-12,16,33H,6-7,13H2,1-2H3,(H,32,35)(H,36,37)/p-1. The monoisotopic (exact) mass is 510 g/mol. The van der Waals surface area contributed by atoms with E-state index in [0.717, 1.165) is 48.3 Å². The van der Waals surface area contributed by atoms with Crippen molar-refractivity contribution in [2.24, 2.45) is 0 Å². The average Bonchev–Trinajstić information content (AvgIpc) is 3.65. The highest BCUT2D eigenvalue weighted by Crippen LogP contribution is 2.40. The van der Waals surface area contributed by atoms with E-state index >= 15 is 0 Å². The number of benzene rings is 2. The number of amides is 2. The predicted molar refractivity (Wildman–Crippen MR) is 129 cm³/mol. The van der Waals surface area contributed by atoms with E-state index in [0.29, 0.717) is 12.0 Å². The number of carbonyl (C=O) groups excluding carboxylic acids is 3. The van der Waals surface area contributed by atoms with E-state index in [4.69, 9.17) is 0 Å². The molecule has 37 heavy (non-hydrogen) atoms. The van der Waals surface area contributed by atoms with E-state index in [1.165, 1.54) is 0 Å². The number of hydrogen-bond acceptors (Lipinski definition) is 5. The van der Waals surface area contributed by atoms with Gasteiger partial charge < -0.3 is 20.5 Å². The first-order chi connectivity index (χ1) is 17.4. The highest BCUT2D eigenvalue weighted by Gasteiger charge is 2.33. The molecule has 2 aromatic carbocycles. The molecule has 2 amide bonds. The second-order valence-corrected chi connectivity index (χ2v) is 9.05. The molecule has 0 bridgehead atoms. The Labute approximate surface area is 210 Å². The first-order valence-electron chi connectivity index (χ1n) is 11.5. The summed E-state index contributed by atoms with van der Waals surface area (Å²) in [5, 5.41) is 15.1. The van der Waals surface area contributed by atoms with Crippen molar-refractivity contribution in [3.8, 4) is 11.1 Å². The highest BCUT2D eigenvalue weighted by atomic mass is 19.4. The van der Waals surface area contributed by atoms with E-state index in [1.54, 1.807) is 18.2 Å². The van der Waals surface area contributed by atoms with Crippen molar-refractivity contribution >= 4 is 29.2 Å². The number of aromatic nitrogens is 1. The molecule has 1 fully saturated rings. The first-order valence-corrected chi connectivity index (χ1v) is 11.5. The van der Waals surface area contributed by atoms with Crippen molar-refractivity contribution in [3.63, 3.8) is 0 Å². The minimum atomic E-state index is -4.73. The molecule has 1 heterocycles. The summed E-state index contributed by atoms with van der Waals surface area (Å²) in [4.78, 5) is 41.0. The minimum Gasteiger partial charge on any atom is -0.530 e. The number of carboxylic acid groups (broad SMARTS) is 1. The van der Waals surface area contributed by atoms with Gasteiger partial charge in [-0.3, -0.25) is 14.6 Å². The fourth-order valence-corrected chi connectivity index (χ4v) is 4.09. The quantitative estimate of drug-likeness (QED) is 0.334. The van der Waals surface area contributed by atoms with E-state index in [1.807, 2.05) is 30.4 Å². The maximum absolute atomic E-state index is 13.3. The number of anilines is 2. The van der Waals surface area contributed by atoms with Crippen LogP contribution in [0.1, 0.15) is 58.1 Å². The molecule has 0 atom stereocenters. The molecule has 3 aromatic rings. The number of aryl methyl sites for hydroxylation is 2. The summed E-state index contributed by atoms with van der Waals surface area (Å²) >= 11 is 0. The molecule has 0 spiro atoms. The second kappa shape index (κ2) is 10.0. The largest absolute Gasteiger partial charge is 0.530 e. The summed E-state index contributed by atoms with van der Waals surface area (Å²) in [5.74, 6) is -1.00. The number of rotatable bonds is 7. The van der Waals surface area contributed by atoms with Gasteiger partial charge in [0, 0.05) is 22.9 Å². The molecule has 2 N–H and O–H groups in total. The lowest BCUT2D eigenvalue weighted by atomic mass is 9.99. The van der Waals surface area contributed by atoms with Gasteiger partial charge in [0.05, 0.1) is 23.4 Å². The van der Waals surface area contributed by atoms with Crippen molar-refractivity contribution in [3.05, 3.63) is 76.6 Å². The van der Waals surface area contributed by atoms with E-state index in [9.17, 15) is 32.7 Å². The Morgan fingerprint density at radius 1 is 0.973 bits per heavy atom. The van der Waals surface area contributed by atoms with Gasteiger partial charge in [0.2, 0.25) is 5.91 Å². The average molecular weight is 510 g/mol. The summed E-state index contributed by atoms with van der Waals surface area (Å²) in [6, 6.07) is 12.2. The van der Waals surface area contributed by atoms with Crippen molar-refractivity contribution in [2.75, 3.05) is 10.6 Å².